The summed E-state index contributed by atoms with van der Waals surface area (Å²) >= 11 is 0. The van der Waals surface area contributed by atoms with Crippen molar-refractivity contribution in [1.29, 1.82) is 0 Å². The first-order valence-electron chi connectivity index (χ1n) is 7.30. The molecule has 0 radical (unpaired) electrons. The van der Waals surface area contributed by atoms with Crippen LogP contribution < -0.4 is 0 Å². The van der Waals surface area contributed by atoms with Crippen LogP contribution in [0.4, 0.5) is 0 Å². The third-order valence-corrected chi connectivity index (χ3v) is 7.10. The Morgan fingerprint density at radius 1 is 0.882 bits per heavy atom. The van der Waals surface area contributed by atoms with Crippen LogP contribution in [0.2, 0.25) is 6.04 Å². The minimum atomic E-state index is -0.843. The van der Waals surface area contributed by atoms with Gasteiger partial charge in [0.25, 0.3) is 0 Å². The summed E-state index contributed by atoms with van der Waals surface area (Å²) in [6.07, 6.45) is 2.26. The van der Waals surface area contributed by atoms with Crippen LogP contribution in [0, 0.1) is 0 Å². The van der Waals surface area contributed by atoms with E-state index in [4.69, 9.17) is 0 Å². The van der Waals surface area contributed by atoms with E-state index in [-0.39, 0.29) is 0 Å². The Morgan fingerprint density at radius 3 is 1.53 bits per heavy atom. The molecular formula is C14H32N2Si. The Labute approximate surface area is 110 Å². The molecule has 0 saturated carbocycles. The molecule has 0 aliphatic heterocycles. The van der Waals surface area contributed by atoms with E-state index in [0.717, 1.165) is 0 Å². The molecule has 0 aliphatic rings. The van der Waals surface area contributed by atoms with E-state index < -0.39 is 8.80 Å². The fourth-order valence-corrected chi connectivity index (χ4v) is 5.97. The van der Waals surface area contributed by atoms with Crippen molar-refractivity contribution in [3.63, 3.8) is 0 Å². The summed E-state index contributed by atoms with van der Waals surface area (Å²) in [6.45, 7) is 18.3. The topological polar surface area (TPSA) is 6.48 Å². The first-order chi connectivity index (χ1) is 8.19. The third kappa shape index (κ3) is 4.94. The zero-order valence-electron chi connectivity index (χ0n) is 12.7. The van der Waals surface area contributed by atoms with Gasteiger partial charge in [0.15, 0.2) is 0 Å². The molecule has 0 spiro atoms. The molecule has 0 heterocycles. The lowest BCUT2D eigenvalue weighted by Crippen LogP contribution is -2.56. The monoisotopic (exact) mass is 256 g/mol. The van der Waals surface area contributed by atoms with Gasteiger partial charge in [-0.25, -0.2) is 0 Å². The van der Waals surface area contributed by atoms with Crippen molar-refractivity contribution in [1.82, 2.24) is 9.80 Å². The molecule has 17 heavy (non-hydrogen) atoms. The van der Waals surface area contributed by atoms with Gasteiger partial charge >= 0.3 is 0 Å². The lowest BCUT2D eigenvalue weighted by molar-refractivity contribution is 0.112. The van der Waals surface area contributed by atoms with Gasteiger partial charge in [0, 0.05) is 0 Å². The lowest BCUT2D eigenvalue weighted by atomic mass is 10.5. The molecule has 1 atom stereocenters. The highest BCUT2D eigenvalue weighted by molar-refractivity contribution is 6.65. The molecule has 3 heteroatoms. The van der Waals surface area contributed by atoms with Crippen molar-refractivity contribution in [2.45, 2.75) is 53.4 Å². The molecule has 1 unspecified atom stereocenters. The Bertz CT molecular complexity index is 186. The molecule has 0 aromatic carbocycles. The second kappa shape index (κ2) is 9.86. The molecule has 0 rings (SSSR count). The predicted molar refractivity (Wildman–Crippen MR) is 82.1 cm³/mol. The van der Waals surface area contributed by atoms with Crippen LogP contribution in [0.5, 0.6) is 0 Å². The predicted octanol–water partition coefficient (Wildman–Crippen LogP) is 2.90. The summed E-state index contributed by atoms with van der Waals surface area (Å²) in [6, 6.07) is 1.35. The van der Waals surface area contributed by atoms with Crippen LogP contribution in [0.25, 0.3) is 0 Å². The van der Waals surface area contributed by atoms with Gasteiger partial charge in [0.2, 0.25) is 0 Å². The minimum Gasteiger partial charge on any atom is -0.291 e. The van der Waals surface area contributed by atoms with E-state index in [1.807, 2.05) is 0 Å². The first kappa shape index (κ1) is 16.9. The average molecular weight is 257 g/mol. The molecule has 0 N–H and O–H groups in total. The van der Waals surface area contributed by atoms with Crippen molar-refractivity contribution < 1.29 is 0 Å². The maximum atomic E-state index is 2.65. The van der Waals surface area contributed by atoms with E-state index >= 15 is 0 Å². The summed E-state index contributed by atoms with van der Waals surface area (Å²) in [5.41, 5.74) is 2.52. The Balaban J connectivity index is 5.03. The zero-order chi connectivity index (χ0) is 13.3. The van der Waals surface area contributed by atoms with Gasteiger partial charge in [-0.05, 0) is 33.1 Å². The number of nitrogens with zero attached hydrogens (tertiary/aromatic N) is 2. The number of rotatable bonds is 9. The van der Waals surface area contributed by atoms with Crippen molar-refractivity contribution in [3.8, 4) is 0 Å². The van der Waals surface area contributed by atoms with Gasteiger partial charge in [0.1, 0.15) is 0 Å². The highest BCUT2D eigenvalue weighted by atomic mass is 28.3. The van der Waals surface area contributed by atoms with Crippen LogP contribution in [0.15, 0.2) is 11.8 Å². The third-order valence-electron chi connectivity index (χ3n) is 3.67. The summed E-state index contributed by atoms with van der Waals surface area (Å²) < 4.78 is 0. The summed E-state index contributed by atoms with van der Waals surface area (Å²) in [5.74, 6) is 0.696. The highest BCUT2D eigenvalue weighted by Gasteiger charge is 2.28. The fraction of sp³-hybridized carbons (Fsp3) is 0.857. The van der Waals surface area contributed by atoms with Crippen LogP contribution >= 0.6 is 0 Å². The van der Waals surface area contributed by atoms with E-state index in [1.54, 1.807) is 0 Å². The Hall–Kier alpha value is -0.123. The molecule has 0 fully saturated rings. The van der Waals surface area contributed by atoms with Crippen molar-refractivity contribution in [2.75, 3.05) is 26.2 Å². The zero-order valence-corrected chi connectivity index (χ0v) is 13.9. The molecule has 0 bridgehead atoms. The van der Waals surface area contributed by atoms with E-state index in [0.29, 0.717) is 5.79 Å². The lowest BCUT2D eigenvalue weighted by Gasteiger charge is -2.41. The van der Waals surface area contributed by atoms with Gasteiger partial charge in [0.05, 0.1) is 14.6 Å². The van der Waals surface area contributed by atoms with Crippen LogP contribution in [0.1, 0.15) is 41.5 Å². The quantitative estimate of drug-likeness (QED) is 0.462. The molecular weight excluding hydrogens is 224 g/mol. The smallest absolute Gasteiger partial charge is 0.0979 e. The fourth-order valence-electron chi connectivity index (χ4n) is 2.66. The maximum Gasteiger partial charge on any atom is 0.0979 e. The largest absolute Gasteiger partial charge is 0.291 e. The molecule has 0 amide bonds. The van der Waals surface area contributed by atoms with Crippen molar-refractivity contribution in [2.24, 2.45) is 0 Å². The van der Waals surface area contributed by atoms with E-state index in [1.165, 1.54) is 32.2 Å². The van der Waals surface area contributed by atoms with Crippen molar-refractivity contribution >= 4 is 8.80 Å². The average Bonchev–Trinajstić information content (AvgIpc) is 2.37. The van der Waals surface area contributed by atoms with Gasteiger partial charge in [-0.2, -0.15) is 0 Å². The second-order valence-corrected chi connectivity index (χ2v) is 7.58. The van der Waals surface area contributed by atoms with E-state index in [2.05, 4.69) is 63.1 Å². The second-order valence-electron chi connectivity index (χ2n) is 4.45. The number of allylic oxidation sites excluding steroid dienone is 1. The molecule has 0 aromatic heterocycles. The van der Waals surface area contributed by atoms with Crippen LogP contribution in [0.3, 0.4) is 0 Å². The van der Waals surface area contributed by atoms with Crippen molar-refractivity contribution in [3.05, 3.63) is 11.8 Å². The SMILES string of the molecule is CC=C[SiH](CC)C(N(CC)CC)N(CC)CC. The summed E-state index contributed by atoms with van der Waals surface area (Å²) in [7, 11) is -0.843. The Morgan fingerprint density at radius 2 is 1.29 bits per heavy atom. The Kier molecular flexibility index (Phi) is 9.79. The molecule has 0 aromatic rings. The maximum absolute atomic E-state index is 2.65. The summed E-state index contributed by atoms with van der Waals surface area (Å²) in [5, 5.41) is 0. The van der Waals surface area contributed by atoms with Crippen LogP contribution in [-0.2, 0) is 0 Å². The molecule has 102 valence electrons. The van der Waals surface area contributed by atoms with E-state index in [9.17, 15) is 0 Å². The number of hydrogen-bond donors (Lipinski definition) is 0. The van der Waals surface area contributed by atoms with Gasteiger partial charge in [-0.15, -0.1) is 0 Å². The highest BCUT2D eigenvalue weighted by Crippen LogP contribution is 2.14. The van der Waals surface area contributed by atoms with Gasteiger partial charge in [-0.1, -0.05) is 52.4 Å². The van der Waals surface area contributed by atoms with Crippen LogP contribution in [-0.4, -0.2) is 50.6 Å². The van der Waals surface area contributed by atoms with Gasteiger partial charge in [-0.3, -0.25) is 9.80 Å². The summed E-state index contributed by atoms with van der Waals surface area (Å²) in [4.78, 5) is 5.29. The van der Waals surface area contributed by atoms with Gasteiger partial charge < -0.3 is 0 Å². The standard InChI is InChI=1S/C14H32N2Si/c1-7-13-17(12-6)14(15(8-2)9-3)16(10-4)11-5/h7,13-14,17H,8-12H2,1-6H3. The number of hydrogen-bond acceptors (Lipinski definition) is 2. The first-order valence-corrected chi connectivity index (χ1v) is 9.45. The molecule has 0 saturated heterocycles. The molecule has 2 nitrogen and oxygen atoms in total. The normalized spacial score (nSPS) is 14.4. The minimum absolute atomic E-state index is 0.696. The molecule has 0 aliphatic carbocycles.